The number of azo groups is 1. The van der Waals surface area contributed by atoms with E-state index in [2.05, 4.69) is 29.0 Å². The predicted octanol–water partition coefficient (Wildman–Crippen LogP) is 2.31. The molecule has 33 heavy (non-hydrogen) atoms. The van der Waals surface area contributed by atoms with E-state index in [1.54, 1.807) is 0 Å². The maximum Gasteiger partial charge on any atom is 0.186 e. The minimum absolute atomic E-state index is 0.225. The topological polar surface area (TPSA) is 127 Å². The lowest BCUT2D eigenvalue weighted by atomic mass is 9.99. The van der Waals surface area contributed by atoms with Crippen molar-refractivity contribution < 1.29 is 29.9 Å². The number of rotatable bonds is 10. The minimum Gasteiger partial charge on any atom is -0.394 e. The molecule has 1 fully saturated rings. The van der Waals surface area contributed by atoms with Gasteiger partial charge in [-0.3, -0.25) is 0 Å². The van der Waals surface area contributed by atoms with Crippen LogP contribution >= 0.6 is 0 Å². The van der Waals surface area contributed by atoms with Crippen LogP contribution in [0.1, 0.15) is 19.4 Å². The van der Waals surface area contributed by atoms with Crippen molar-refractivity contribution >= 4 is 17.1 Å². The summed E-state index contributed by atoms with van der Waals surface area (Å²) in [5, 5.41) is 47.4. The standard InChI is InChI=1S/C24H33N3O6/c1-3-27(4-2)19-11-9-18(10-12-19)26-25-17-7-5-16(6-8-17)13-14-32-24-23(31)22(30)21(29)20(15-28)33-24/h5-12,20-24,28-31H,3-4,13-15H2,1-2H3/t20-,21-,22+,23-,24-/m1/s1. The van der Waals surface area contributed by atoms with Crippen molar-refractivity contribution in [3.63, 3.8) is 0 Å². The Labute approximate surface area is 193 Å². The first-order valence-corrected chi connectivity index (χ1v) is 11.2. The van der Waals surface area contributed by atoms with Crippen LogP contribution in [0.4, 0.5) is 17.1 Å². The molecule has 1 aliphatic rings. The summed E-state index contributed by atoms with van der Waals surface area (Å²) >= 11 is 0. The fraction of sp³-hybridized carbons (Fsp3) is 0.500. The fourth-order valence-corrected chi connectivity index (χ4v) is 3.66. The number of ether oxygens (including phenoxy) is 2. The molecule has 0 amide bonds. The smallest absolute Gasteiger partial charge is 0.186 e. The van der Waals surface area contributed by atoms with Crippen LogP contribution in [0.3, 0.4) is 0 Å². The third-order valence-corrected chi connectivity index (χ3v) is 5.72. The molecular formula is C24H33N3O6. The predicted molar refractivity (Wildman–Crippen MR) is 124 cm³/mol. The number of anilines is 1. The van der Waals surface area contributed by atoms with Crippen molar-refractivity contribution in [2.24, 2.45) is 10.2 Å². The minimum atomic E-state index is -1.45. The van der Waals surface area contributed by atoms with Gasteiger partial charge in [-0.05, 0) is 62.2 Å². The van der Waals surface area contributed by atoms with Gasteiger partial charge in [0, 0.05) is 18.8 Å². The van der Waals surface area contributed by atoms with Crippen molar-refractivity contribution in [1.82, 2.24) is 0 Å². The van der Waals surface area contributed by atoms with Gasteiger partial charge >= 0.3 is 0 Å². The van der Waals surface area contributed by atoms with Crippen LogP contribution in [0.5, 0.6) is 0 Å². The lowest BCUT2D eigenvalue weighted by Gasteiger charge is -2.39. The molecule has 0 aliphatic carbocycles. The SMILES string of the molecule is CCN(CC)c1ccc(N=Nc2ccc(CCO[C@@H]3O[C@H](CO)[C@@H](O)[C@H](O)[C@H]3O)cc2)cc1. The van der Waals surface area contributed by atoms with Crippen LogP contribution in [0.25, 0.3) is 0 Å². The second-order valence-electron chi connectivity index (χ2n) is 7.87. The summed E-state index contributed by atoms with van der Waals surface area (Å²) in [5.74, 6) is 0. The Morgan fingerprint density at radius 2 is 1.42 bits per heavy atom. The molecule has 180 valence electrons. The van der Waals surface area contributed by atoms with Gasteiger partial charge < -0.3 is 34.8 Å². The number of aliphatic hydroxyl groups excluding tert-OH is 4. The molecule has 1 aliphatic heterocycles. The van der Waals surface area contributed by atoms with E-state index >= 15 is 0 Å². The summed E-state index contributed by atoms with van der Waals surface area (Å²) in [6.45, 7) is 5.91. The molecule has 0 bridgehead atoms. The number of nitrogens with zero attached hydrogens (tertiary/aromatic N) is 3. The molecule has 0 spiro atoms. The van der Waals surface area contributed by atoms with Gasteiger partial charge in [-0.25, -0.2) is 0 Å². The average Bonchev–Trinajstić information content (AvgIpc) is 2.85. The van der Waals surface area contributed by atoms with E-state index < -0.39 is 37.3 Å². The number of benzene rings is 2. The molecule has 0 unspecified atom stereocenters. The molecular weight excluding hydrogens is 426 g/mol. The quantitative estimate of drug-likeness (QED) is 0.402. The average molecular weight is 460 g/mol. The highest BCUT2D eigenvalue weighted by Gasteiger charge is 2.43. The molecule has 1 saturated heterocycles. The van der Waals surface area contributed by atoms with Crippen LogP contribution in [-0.2, 0) is 15.9 Å². The zero-order valence-electron chi connectivity index (χ0n) is 19.0. The fourth-order valence-electron chi connectivity index (χ4n) is 3.66. The van der Waals surface area contributed by atoms with E-state index in [0.717, 1.165) is 35.7 Å². The molecule has 2 aromatic rings. The van der Waals surface area contributed by atoms with Crippen LogP contribution < -0.4 is 4.90 Å². The molecule has 4 N–H and O–H groups in total. The Kier molecular flexibility index (Phi) is 9.30. The Morgan fingerprint density at radius 1 is 0.848 bits per heavy atom. The molecule has 9 nitrogen and oxygen atoms in total. The van der Waals surface area contributed by atoms with Gasteiger partial charge in [0.1, 0.15) is 24.4 Å². The highest BCUT2D eigenvalue weighted by Crippen LogP contribution is 2.24. The highest BCUT2D eigenvalue weighted by atomic mass is 16.7. The van der Waals surface area contributed by atoms with Gasteiger partial charge in [-0.15, -0.1) is 0 Å². The molecule has 2 aromatic carbocycles. The second kappa shape index (κ2) is 12.2. The Bertz CT molecular complexity index is 871. The van der Waals surface area contributed by atoms with Crippen molar-refractivity contribution in [3.05, 3.63) is 54.1 Å². The van der Waals surface area contributed by atoms with E-state index in [4.69, 9.17) is 9.47 Å². The van der Waals surface area contributed by atoms with E-state index in [-0.39, 0.29) is 6.61 Å². The highest BCUT2D eigenvalue weighted by molar-refractivity contribution is 5.52. The third-order valence-electron chi connectivity index (χ3n) is 5.72. The largest absolute Gasteiger partial charge is 0.394 e. The van der Waals surface area contributed by atoms with Gasteiger partial charge in [0.15, 0.2) is 6.29 Å². The summed E-state index contributed by atoms with van der Waals surface area (Å²) in [4.78, 5) is 2.26. The van der Waals surface area contributed by atoms with Crippen molar-refractivity contribution in [2.45, 2.75) is 51.0 Å². The van der Waals surface area contributed by atoms with Crippen molar-refractivity contribution in [1.29, 1.82) is 0 Å². The van der Waals surface area contributed by atoms with E-state index in [1.807, 2.05) is 48.5 Å². The normalized spacial score (nSPS) is 25.5. The first kappa shape index (κ1) is 25.2. The van der Waals surface area contributed by atoms with Gasteiger partial charge in [0.25, 0.3) is 0 Å². The zero-order valence-corrected chi connectivity index (χ0v) is 19.0. The zero-order chi connectivity index (χ0) is 23.8. The lowest BCUT2D eigenvalue weighted by molar-refractivity contribution is -0.300. The van der Waals surface area contributed by atoms with Crippen LogP contribution in [0.2, 0.25) is 0 Å². The van der Waals surface area contributed by atoms with Gasteiger partial charge in [0.2, 0.25) is 0 Å². The van der Waals surface area contributed by atoms with E-state index in [9.17, 15) is 20.4 Å². The second-order valence-corrected chi connectivity index (χ2v) is 7.87. The van der Waals surface area contributed by atoms with Crippen LogP contribution in [-0.4, -0.2) is 77.4 Å². The monoisotopic (exact) mass is 459 g/mol. The van der Waals surface area contributed by atoms with Crippen LogP contribution in [0, 0.1) is 0 Å². The number of hydrogen-bond acceptors (Lipinski definition) is 9. The van der Waals surface area contributed by atoms with Crippen molar-refractivity contribution in [2.75, 3.05) is 31.2 Å². The summed E-state index contributed by atoms with van der Waals surface area (Å²) < 4.78 is 10.9. The maximum atomic E-state index is 10.0. The lowest BCUT2D eigenvalue weighted by Crippen LogP contribution is -2.59. The number of hydrogen-bond donors (Lipinski definition) is 4. The summed E-state index contributed by atoms with van der Waals surface area (Å²) in [7, 11) is 0. The van der Waals surface area contributed by atoms with Gasteiger partial charge in [0.05, 0.1) is 24.6 Å². The molecule has 5 atom stereocenters. The Balaban J connectivity index is 1.49. The Morgan fingerprint density at radius 3 is 1.97 bits per heavy atom. The first-order chi connectivity index (χ1) is 16.0. The maximum absolute atomic E-state index is 10.0. The van der Waals surface area contributed by atoms with E-state index in [1.165, 1.54) is 0 Å². The summed E-state index contributed by atoms with van der Waals surface area (Å²) in [5.41, 5.74) is 3.65. The van der Waals surface area contributed by atoms with Gasteiger partial charge in [-0.2, -0.15) is 10.2 Å². The molecule has 3 rings (SSSR count). The summed E-state index contributed by atoms with van der Waals surface area (Å²) in [6.07, 6.45) is -5.80. The molecule has 0 saturated carbocycles. The molecule has 0 aromatic heterocycles. The third kappa shape index (κ3) is 6.57. The molecule has 9 heteroatoms. The van der Waals surface area contributed by atoms with Crippen molar-refractivity contribution in [3.8, 4) is 0 Å². The summed E-state index contributed by atoms with van der Waals surface area (Å²) in [6, 6.07) is 15.5. The van der Waals surface area contributed by atoms with E-state index in [0.29, 0.717) is 6.42 Å². The molecule has 0 radical (unpaired) electrons. The van der Waals surface area contributed by atoms with Crippen LogP contribution in [0.15, 0.2) is 58.8 Å². The number of aliphatic hydroxyl groups is 4. The molecule has 1 heterocycles. The first-order valence-electron chi connectivity index (χ1n) is 11.2. The Hall–Kier alpha value is -2.40. The van der Waals surface area contributed by atoms with Gasteiger partial charge in [-0.1, -0.05) is 12.1 Å².